The highest BCUT2D eigenvalue weighted by Crippen LogP contribution is 2.16. The third-order valence-electron chi connectivity index (χ3n) is 5.27. The number of fused-ring (bicyclic) bond motifs is 3. The minimum absolute atomic E-state index is 0.0189. The van der Waals surface area contributed by atoms with Crippen LogP contribution in [-0.2, 0) is 17.9 Å². The Morgan fingerprint density at radius 1 is 1.14 bits per heavy atom. The van der Waals surface area contributed by atoms with Crippen LogP contribution in [0.25, 0.3) is 16.7 Å². The average Bonchev–Trinajstić information content (AvgIpc) is 3.14. The van der Waals surface area contributed by atoms with Crippen LogP contribution in [0, 0.1) is 11.6 Å². The summed E-state index contributed by atoms with van der Waals surface area (Å²) in [6.45, 7) is 6.58. The van der Waals surface area contributed by atoms with E-state index in [1.54, 1.807) is 13.8 Å². The normalized spacial score (nSPS) is 11.2. The van der Waals surface area contributed by atoms with Crippen molar-refractivity contribution in [3.05, 3.63) is 87.1 Å². The molecule has 2 amide bonds. The van der Waals surface area contributed by atoms with E-state index in [1.807, 2.05) is 0 Å². The average molecular weight is 496 g/mol. The Kier molecular flexibility index (Phi) is 6.51. The molecule has 10 nitrogen and oxygen atoms in total. The van der Waals surface area contributed by atoms with Crippen molar-refractivity contribution in [3.8, 4) is 0 Å². The second-order valence-corrected chi connectivity index (χ2v) is 8.31. The van der Waals surface area contributed by atoms with Gasteiger partial charge in [-0.3, -0.25) is 19.0 Å². The van der Waals surface area contributed by atoms with Crippen LogP contribution in [0.15, 0.2) is 58.6 Å². The topological polar surface area (TPSA) is 120 Å². The predicted molar refractivity (Wildman–Crippen MR) is 129 cm³/mol. The molecule has 0 aliphatic rings. The van der Waals surface area contributed by atoms with Gasteiger partial charge in [-0.15, -0.1) is 11.7 Å². The molecule has 0 aliphatic heterocycles. The number of aromatic nitrogens is 4. The summed E-state index contributed by atoms with van der Waals surface area (Å²) in [7, 11) is 0. The molecule has 0 spiro atoms. The molecule has 36 heavy (non-hydrogen) atoms. The molecule has 186 valence electrons. The van der Waals surface area contributed by atoms with E-state index in [-0.39, 0.29) is 34.8 Å². The van der Waals surface area contributed by atoms with Crippen molar-refractivity contribution in [1.82, 2.24) is 24.1 Å². The van der Waals surface area contributed by atoms with Gasteiger partial charge in [0.1, 0.15) is 18.2 Å². The SMILES string of the molecule is C=CCn1c(=O)c2ccc(C(=O)NC(C)C)cc2n2c(=O)n(CC(=O)Nc3cc(F)ccc3F)nc12. The van der Waals surface area contributed by atoms with E-state index in [0.29, 0.717) is 0 Å². The molecule has 4 rings (SSSR count). The van der Waals surface area contributed by atoms with Crippen LogP contribution in [0.2, 0.25) is 0 Å². The first-order valence-corrected chi connectivity index (χ1v) is 10.9. The number of hydrogen-bond donors (Lipinski definition) is 2. The Bertz CT molecular complexity index is 1650. The fourth-order valence-corrected chi connectivity index (χ4v) is 3.72. The minimum Gasteiger partial charge on any atom is -0.350 e. The van der Waals surface area contributed by atoms with Gasteiger partial charge in [0.05, 0.1) is 16.6 Å². The van der Waals surface area contributed by atoms with Crippen LogP contribution in [0.3, 0.4) is 0 Å². The zero-order valence-electron chi connectivity index (χ0n) is 19.4. The first-order valence-electron chi connectivity index (χ1n) is 10.9. The van der Waals surface area contributed by atoms with E-state index >= 15 is 0 Å². The first kappa shape index (κ1) is 24.5. The van der Waals surface area contributed by atoms with Crippen LogP contribution < -0.4 is 21.9 Å². The monoisotopic (exact) mass is 496 g/mol. The Morgan fingerprint density at radius 2 is 1.89 bits per heavy atom. The molecule has 2 aromatic carbocycles. The number of anilines is 1. The summed E-state index contributed by atoms with van der Waals surface area (Å²) in [6, 6.07) is 6.73. The number of rotatable bonds is 7. The van der Waals surface area contributed by atoms with E-state index in [4.69, 9.17) is 0 Å². The molecule has 0 bridgehead atoms. The standard InChI is InChI=1S/C24H22F2N6O4/c1-4-9-30-22(35)16-7-5-14(21(34)27-13(2)3)10-19(16)32-23(30)29-31(24(32)36)12-20(33)28-18-11-15(25)6-8-17(18)26/h4-8,10-11,13H,1,9,12H2,2-3H3,(H,27,34)(H,28,33). The highest BCUT2D eigenvalue weighted by Gasteiger charge is 2.20. The number of nitrogens with one attached hydrogen (secondary N) is 2. The maximum atomic E-state index is 13.9. The lowest BCUT2D eigenvalue weighted by Crippen LogP contribution is -2.31. The van der Waals surface area contributed by atoms with E-state index in [9.17, 15) is 28.0 Å². The second kappa shape index (κ2) is 9.56. The van der Waals surface area contributed by atoms with Gasteiger partial charge in [0.15, 0.2) is 0 Å². The predicted octanol–water partition coefficient (Wildman–Crippen LogP) is 2.05. The summed E-state index contributed by atoms with van der Waals surface area (Å²) < 4.78 is 30.4. The highest BCUT2D eigenvalue weighted by molar-refractivity contribution is 5.98. The summed E-state index contributed by atoms with van der Waals surface area (Å²) in [5.41, 5.74) is -1.30. The molecule has 0 saturated carbocycles. The Hall–Kier alpha value is -4.61. The maximum absolute atomic E-state index is 13.9. The Morgan fingerprint density at radius 3 is 2.58 bits per heavy atom. The molecule has 0 aliphatic carbocycles. The molecular weight excluding hydrogens is 474 g/mol. The van der Waals surface area contributed by atoms with Gasteiger partial charge in [0.25, 0.3) is 11.5 Å². The molecule has 2 heterocycles. The summed E-state index contributed by atoms with van der Waals surface area (Å²) in [5, 5.41) is 9.23. The molecule has 0 saturated heterocycles. The van der Waals surface area contributed by atoms with Crippen molar-refractivity contribution in [2.45, 2.75) is 33.0 Å². The second-order valence-electron chi connectivity index (χ2n) is 8.31. The molecule has 4 aromatic rings. The van der Waals surface area contributed by atoms with Gasteiger partial charge in [-0.05, 0) is 44.2 Å². The lowest BCUT2D eigenvalue weighted by molar-refractivity contribution is -0.117. The number of allylic oxidation sites excluding steroid dienone is 1. The van der Waals surface area contributed by atoms with Crippen molar-refractivity contribution in [3.63, 3.8) is 0 Å². The van der Waals surface area contributed by atoms with E-state index in [2.05, 4.69) is 22.3 Å². The van der Waals surface area contributed by atoms with Crippen molar-refractivity contribution in [2.24, 2.45) is 0 Å². The number of hydrogen-bond acceptors (Lipinski definition) is 5. The van der Waals surface area contributed by atoms with Crippen molar-refractivity contribution >= 4 is 34.2 Å². The Balaban J connectivity index is 1.84. The molecular formula is C24H22F2N6O4. The lowest BCUT2D eigenvalue weighted by atomic mass is 10.1. The summed E-state index contributed by atoms with van der Waals surface area (Å²) in [4.78, 5) is 51.5. The highest BCUT2D eigenvalue weighted by atomic mass is 19.1. The van der Waals surface area contributed by atoms with Crippen molar-refractivity contribution in [2.75, 3.05) is 5.32 Å². The van der Waals surface area contributed by atoms with Crippen LogP contribution in [0.4, 0.5) is 14.5 Å². The zero-order chi connectivity index (χ0) is 26.1. The van der Waals surface area contributed by atoms with E-state index in [1.165, 1.54) is 28.8 Å². The van der Waals surface area contributed by atoms with Crippen LogP contribution in [-0.4, -0.2) is 36.6 Å². The van der Waals surface area contributed by atoms with Crippen molar-refractivity contribution in [1.29, 1.82) is 0 Å². The lowest BCUT2D eigenvalue weighted by Gasteiger charge is -2.11. The Labute approximate surface area is 202 Å². The molecule has 2 N–H and O–H groups in total. The molecule has 0 radical (unpaired) electrons. The summed E-state index contributed by atoms with van der Waals surface area (Å²) >= 11 is 0. The number of nitrogens with zero attached hydrogens (tertiary/aromatic N) is 4. The molecule has 0 atom stereocenters. The van der Waals surface area contributed by atoms with Gasteiger partial charge < -0.3 is 10.6 Å². The van der Waals surface area contributed by atoms with Gasteiger partial charge in [-0.1, -0.05) is 6.08 Å². The van der Waals surface area contributed by atoms with Crippen LogP contribution >= 0.6 is 0 Å². The number of halogens is 2. The van der Waals surface area contributed by atoms with Gasteiger partial charge in [0, 0.05) is 24.2 Å². The molecule has 0 unspecified atom stereocenters. The third-order valence-corrected chi connectivity index (χ3v) is 5.27. The minimum atomic E-state index is -0.856. The van der Waals surface area contributed by atoms with Gasteiger partial charge >= 0.3 is 5.69 Å². The molecule has 2 aromatic heterocycles. The molecule has 0 fully saturated rings. The zero-order valence-corrected chi connectivity index (χ0v) is 19.4. The van der Waals surface area contributed by atoms with Crippen LogP contribution in [0.1, 0.15) is 24.2 Å². The largest absolute Gasteiger partial charge is 0.352 e. The van der Waals surface area contributed by atoms with Crippen LogP contribution in [0.5, 0.6) is 0 Å². The van der Waals surface area contributed by atoms with Gasteiger partial charge in [-0.2, -0.15) is 0 Å². The smallest absolute Gasteiger partial charge is 0.350 e. The fraction of sp³-hybridized carbons (Fsp3) is 0.208. The molecule has 12 heteroatoms. The van der Waals surface area contributed by atoms with E-state index in [0.717, 1.165) is 27.3 Å². The maximum Gasteiger partial charge on any atom is 0.352 e. The number of carbonyl (C=O) groups excluding carboxylic acids is 2. The quantitative estimate of drug-likeness (QED) is 0.380. The van der Waals surface area contributed by atoms with E-state index < -0.39 is 46.9 Å². The summed E-state index contributed by atoms with van der Waals surface area (Å²) in [5.74, 6) is -2.93. The first-order chi connectivity index (χ1) is 17.1. The number of carbonyl (C=O) groups is 2. The fourth-order valence-electron chi connectivity index (χ4n) is 3.72. The van der Waals surface area contributed by atoms with Gasteiger partial charge in [-0.25, -0.2) is 22.7 Å². The summed E-state index contributed by atoms with van der Waals surface area (Å²) in [6.07, 6.45) is 1.45. The third kappa shape index (κ3) is 4.52. The number of benzene rings is 2. The van der Waals surface area contributed by atoms with Gasteiger partial charge in [0.2, 0.25) is 11.7 Å². The van der Waals surface area contributed by atoms with Crippen molar-refractivity contribution < 1.29 is 18.4 Å². The number of amides is 2.